The molecular weight excluding hydrogens is 462 g/mol. The van der Waals surface area contributed by atoms with E-state index in [1.807, 2.05) is 56.3 Å². The van der Waals surface area contributed by atoms with E-state index in [4.69, 9.17) is 0 Å². The monoisotopic (exact) mass is 489 g/mol. The molecule has 1 unspecified atom stereocenters. The Morgan fingerprint density at radius 1 is 1.00 bits per heavy atom. The second kappa shape index (κ2) is 10.2. The van der Waals surface area contributed by atoms with Crippen LogP contribution in [0.25, 0.3) is 0 Å². The molecular formula is C27H27N3O4S. The van der Waals surface area contributed by atoms with E-state index in [1.54, 1.807) is 17.0 Å². The van der Waals surface area contributed by atoms with Gasteiger partial charge in [-0.2, -0.15) is 0 Å². The number of carbonyl (C=O) groups excluding carboxylic acids is 2. The number of benzene rings is 3. The molecule has 7 nitrogen and oxygen atoms in total. The number of anilines is 1. The van der Waals surface area contributed by atoms with Crippen LogP contribution in [0.5, 0.6) is 0 Å². The van der Waals surface area contributed by atoms with Gasteiger partial charge in [-0.1, -0.05) is 55.5 Å². The molecule has 0 saturated carbocycles. The lowest BCUT2D eigenvalue weighted by atomic mass is 9.93. The molecule has 0 aromatic heterocycles. The maximum atomic E-state index is 13.3. The number of Topliss-reactive ketones (excluding diaryl/α,β-unsaturated/α-hetero) is 1. The Labute approximate surface area is 205 Å². The molecule has 8 heteroatoms. The molecule has 0 bridgehead atoms. The van der Waals surface area contributed by atoms with Crippen molar-refractivity contribution < 1.29 is 18.0 Å². The first-order valence-corrected chi connectivity index (χ1v) is 13.0. The lowest BCUT2D eigenvalue weighted by Crippen LogP contribution is -2.40. The number of para-hydroxylation sites is 1. The second-order valence-electron chi connectivity index (χ2n) is 8.25. The molecule has 1 heterocycles. The fourth-order valence-electron chi connectivity index (χ4n) is 4.04. The predicted molar refractivity (Wildman–Crippen MR) is 137 cm³/mol. The highest BCUT2D eigenvalue weighted by Gasteiger charge is 2.34. The zero-order chi connectivity index (χ0) is 25.0. The van der Waals surface area contributed by atoms with E-state index < -0.39 is 21.7 Å². The third-order valence-corrected chi connectivity index (χ3v) is 7.37. The van der Waals surface area contributed by atoms with Crippen molar-refractivity contribution in [3.05, 3.63) is 89.5 Å². The normalized spacial score (nSPS) is 14.9. The Morgan fingerprint density at radius 2 is 1.71 bits per heavy atom. The van der Waals surface area contributed by atoms with E-state index in [0.717, 1.165) is 11.1 Å². The summed E-state index contributed by atoms with van der Waals surface area (Å²) in [5, 5.41) is 0. The average molecular weight is 490 g/mol. The number of nitrogens with one attached hydrogen (secondary N) is 1. The molecule has 1 atom stereocenters. The van der Waals surface area contributed by atoms with Crippen LogP contribution in [-0.4, -0.2) is 37.8 Å². The summed E-state index contributed by atoms with van der Waals surface area (Å²) in [7, 11) is -3.95. The summed E-state index contributed by atoms with van der Waals surface area (Å²) < 4.78 is 28.8. The predicted octanol–water partition coefficient (Wildman–Crippen LogP) is 4.61. The Bertz CT molecular complexity index is 1380. The zero-order valence-corrected chi connectivity index (χ0v) is 20.5. The van der Waals surface area contributed by atoms with Crippen molar-refractivity contribution >= 4 is 39.3 Å². The number of fused-ring (bicyclic) bond motifs is 1. The summed E-state index contributed by atoms with van der Waals surface area (Å²) >= 11 is 0. The molecule has 0 spiro atoms. The lowest BCUT2D eigenvalue weighted by molar-refractivity contribution is -0.132. The summed E-state index contributed by atoms with van der Waals surface area (Å²) in [6.07, 6.45) is 2.02. The van der Waals surface area contributed by atoms with E-state index in [9.17, 15) is 18.0 Å². The minimum absolute atomic E-state index is 0.0598. The van der Waals surface area contributed by atoms with Crippen LogP contribution in [0.3, 0.4) is 0 Å². The van der Waals surface area contributed by atoms with Crippen molar-refractivity contribution in [1.82, 2.24) is 4.90 Å². The minimum Gasteiger partial charge on any atom is -0.338 e. The number of rotatable bonds is 8. The molecule has 0 fully saturated rings. The van der Waals surface area contributed by atoms with Crippen LogP contribution in [0.1, 0.15) is 35.3 Å². The molecule has 180 valence electrons. The van der Waals surface area contributed by atoms with E-state index in [0.29, 0.717) is 30.9 Å². The van der Waals surface area contributed by atoms with Crippen LogP contribution >= 0.6 is 0 Å². The van der Waals surface area contributed by atoms with Gasteiger partial charge in [0.15, 0.2) is 5.78 Å². The van der Waals surface area contributed by atoms with Gasteiger partial charge < -0.3 is 4.90 Å². The van der Waals surface area contributed by atoms with Crippen LogP contribution in [-0.2, 0) is 27.8 Å². The minimum atomic E-state index is -3.95. The molecule has 1 aliphatic rings. The van der Waals surface area contributed by atoms with Gasteiger partial charge in [-0.25, -0.2) is 8.42 Å². The largest absolute Gasteiger partial charge is 0.338 e. The van der Waals surface area contributed by atoms with E-state index in [2.05, 4.69) is 9.71 Å². The third-order valence-electron chi connectivity index (χ3n) is 6.01. The summed E-state index contributed by atoms with van der Waals surface area (Å²) in [4.78, 5) is 32.4. The Morgan fingerprint density at radius 3 is 2.43 bits per heavy atom. The van der Waals surface area contributed by atoms with Gasteiger partial charge in [0.25, 0.3) is 10.0 Å². The SMILES string of the molecule is CCc1ccccc1NS(=O)(=O)c1ccc2c(c1)C(=O)C(C(=O)N(CC)Cc1ccccc1)C=N2. The van der Waals surface area contributed by atoms with Crippen molar-refractivity contribution in [3.8, 4) is 0 Å². The fourth-order valence-corrected chi connectivity index (χ4v) is 5.16. The summed E-state index contributed by atoms with van der Waals surface area (Å²) in [6.45, 7) is 4.59. The highest BCUT2D eigenvalue weighted by Crippen LogP contribution is 2.31. The van der Waals surface area contributed by atoms with Crippen molar-refractivity contribution in [2.75, 3.05) is 11.3 Å². The van der Waals surface area contributed by atoms with Crippen LogP contribution in [0, 0.1) is 5.92 Å². The number of aryl methyl sites for hydroxylation is 1. The third kappa shape index (κ3) is 5.17. The highest BCUT2D eigenvalue weighted by atomic mass is 32.2. The van der Waals surface area contributed by atoms with Crippen LogP contribution in [0.2, 0.25) is 0 Å². The number of sulfonamides is 1. The Hall–Kier alpha value is -3.78. The average Bonchev–Trinajstić information content (AvgIpc) is 2.87. The van der Waals surface area contributed by atoms with Crippen molar-refractivity contribution in [3.63, 3.8) is 0 Å². The Kier molecular flexibility index (Phi) is 7.12. The molecule has 3 aromatic carbocycles. The van der Waals surface area contributed by atoms with Crippen LogP contribution in [0.15, 0.2) is 82.7 Å². The number of amides is 1. The lowest BCUT2D eigenvalue weighted by Gasteiger charge is -2.26. The van der Waals surface area contributed by atoms with E-state index in [-0.39, 0.29) is 16.4 Å². The summed E-state index contributed by atoms with van der Waals surface area (Å²) in [5.74, 6) is -1.92. The van der Waals surface area contributed by atoms with Gasteiger partial charge in [0.05, 0.1) is 16.3 Å². The molecule has 1 amide bonds. The van der Waals surface area contributed by atoms with Gasteiger partial charge in [0.1, 0.15) is 5.92 Å². The Balaban J connectivity index is 1.59. The second-order valence-corrected chi connectivity index (χ2v) is 9.94. The van der Waals surface area contributed by atoms with Gasteiger partial charge in [-0.3, -0.25) is 19.3 Å². The maximum absolute atomic E-state index is 13.3. The topological polar surface area (TPSA) is 95.9 Å². The van der Waals surface area contributed by atoms with E-state index in [1.165, 1.54) is 24.4 Å². The molecule has 4 rings (SSSR count). The number of hydrogen-bond acceptors (Lipinski definition) is 5. The standard InChI is InChI=1S/C27H27N3O4S/c1-3-20-12-8-9-13-24(20)29-35(33,34)21-14-15-25-22(16-21)26(31)23(17-28-25)27(32)30(4-2)18-19-10-6-5-7-11-19/h5-17,23,29H,3-4,18H2,1-2H3. The summed E-state index contributed by atoms with van der Waals surface area (Å²) in [5.41, 5.74) is 2.77. The number of hydrogen-bond donors (Lipinski definition) is 1. The number of ketones is 1. The van der Waals surface area contributed by atoms with E-state index >= 15 is 0 Å². The molecule has 35 heavy (non-hydrogen) atoms. The molecule has 0 radical (unpaired) electrons. The van der Waals surface area contributed by atoms with Crippen LogP contribution in [0.4, 0.5) is 11.4 Å². The van der Waals surface area contributed by atoms with Gasteiger partial charge in [-0.05, 0) is 48.7 Å². The van der Waals surface area contributed by atoms with Crippen molar-refractivity contribution in [2.24, 2.45) is 10.9 Å². The number of carbonyl (C=O) groups is 2. The first kappa shape index (κ1) is 24.3. The first-order valence-electron chi connectivity index (χ1n) is 11.5. The van der Waals surface area contributed by atoms with Crippen molar-refractivity contribution in [1.29, 1.82) is 0 Å². The van der Waals surface area contributed by atoms with Crippen LogP contribution < -0.4 is 4.72 Å². The van der Waals surface area contributed by atoms with Gasteiger partial charge >= 0.3 is 0 Å². The highest BCUT2D eigenvalue weighted by molar-refractivity contribution is 7.92. The number of aliphatic imine (C=N–C) groups is 1. The quantitative estimate of drug-likeness (QED) is 0.467. The zero-order valence-electron chi connectivity index (χ0n) is 19.6. The van der Waals surface area contributed by atoms with Gasteiger partial charge in [0, 0.05) is 24.9 Å². The van der Waals surface area contributed by atoms with Gasteiger partial charge in [-0.15, -0.1) is 0 Å². The molecule has 0 saturated heterocycles. The number of nitrogens with zero attached hydrogens (tertiary/aromatic N) is 2. The molecule has 1 aliphatic heterocycles. The van der Waals surface area contributed by atoms with Crippen molar-refractivity contribution in [2.45, 2.75) is 31.7 Å². The fraction of sp³-hybridized carbons (Fsp3) is 0.222. The maximum Gasteiger partial charge on any atom is 0.261 e. The molecule has 3 aromatic rings. The molecule has 0 aliphatic carbocycles. The smallest absolute Gasteiger partial charge is 0.261 e. The molecule has 1 N–H and O–H groups in total. The van der Waals surface area contributed by atoms with Gasteiger partial charge in [0.2, 0.25) is 5.91 Å². The summed E-state index contributed by atoms with van der Waals surface area (Å²) in [6, 6.07) is 20.9. The first-order chi connectivity index (χ1) is 16.8.